The summed E-state index contributed by atoms with van der Waals surface area (Å²) >= 11 is 0. The zero-order valence-electron chi connectivity index (χ0n) is 20.0. The van der Waals surface area contributed by atoms with Crippen LogP contribution in [-0.2, 0) is 13.0 Å². The minimum atomic E-state index is -0.0611. The Balaban J connectivity index is 1.48. The van der Waals surface area contributed by atoms with Crippen LogP contribution in [0.2, 0.25) is 0 Å². The zero-order valence-corrected chi connectivity index (χ0v) is 20.0. The summed E-state index contributed by atoms with van der Waals surface area (Å²) in [7, 11) is 0. The van der Waals surface area contributed by atoms with E-state index >= 15 is 0 Å². The Bertz CT molecular complexity index is 1350. The van der Waals surface area contributed by atoms with Crippen LogP contribution in [0.4, 0.5) is 0 Å². The molecule has 5 rings (SSSR count). The second-order valence-corrected chi connectivity index (χ2v) is 9.21. The van der Waals surface area contributed by atoms with Gasteiger partial charge in [0.15, 0.2) is 6.29 Å². The summed E-state index contributed by atoms with van der Waals surface area (Å²) in [6, 6.07) is 16.3. The Kier molecular flexibility index (Phi) is 6.70. The first kappa shape index (κ1) is 23.0. The zero-order chi connectivity index (χ0) is 24.2. The third-order valence-electron chi connectivity index (χ3n) is 6.98. The van der Waals surface area contributed by atoms with E-state index in [9.17, 15) is 9.59 Å². The van der Waals surface area contributed by atoms with E-state index in [1.54, 1.807) is 4.57 Å². The van der Waals surface area contributed by atoms with Gasteiger partial charge in [0.2, 0.25) is 5.82 Å². The van der Waals surface area contributed by atoms with Gasteiger partial charge in [0.05, 0.1) is 12.2 Å². The molecule has 1 aliphatic rings. The molecule has 35 heavy (non-hydrogen) atoms. The highest BCUT2D eigenvalue weighted by Crippen LogP contribution is 2.31. The molecule has 0 unspecified atom stereocenters. The number of rotatable bonds is 8. The Labute approximate surface area is 204 Å². The SMILES string of the molecule is CCCc1c(C=O)n(C2CCCCC2)c(=O)n1Cc1ccc(-c2ccccc2-c2nn[nH]n2)cc1. The van der Waals surface area contributed by atoms with Crippen LogP contribution in [0.15, 0.2) is 53.3 Å². The monoisotopic (exact) mass is 470 g/mol. The van der Waals surface area contributed by atoms with Gasteiger partial charge in [0.1, 0.15) is 5.69 Å². The maximum atomic E-state index is 13.6. The fraction of sp³-hybridized carbons (Fsp3) is 0.370. The first-order valence-corrected chi connectivity index (χ1v) is 12.4. The van der Waals surface area contributed by atoms with Gasteiger partial charge in [-0.2, -0.15) is 5.21 Å². The highest BCUT2D eigenvalue weighted by Gasteiger charge is 2.26. The number of carbonyl (C=O) groups excluding carboxylic acids is 1. The van der Waals surface area contributed by atoms with Gasteiger partial charge in [0.25, 0.3) is 0 Å². The molecule has 0 spiro atoms. The van der Waals surface area contributed by atoms with Crippen molar-refractivity contribution in [1.82, 2.24) is 29.8 Å². The third-order valence-corrected chi connectivity index (χ3v) is 6.98. The molecule has 1 N–H and O–H groups in total. The van der Waals surface area contributed by atoms with Crippen molar-refractivity contribution in [3.8, 4) is 22.5 Å². The Morgan fingerprint density at radius 3 is 2.43 bits per heavy atom. The molecule has 1 saturated carbocycles. The van der Waals surface area contributed by atoms with E-state index in [0.29, 0.717) is 24.5 Å². The number of aromatic amines is 1. The van der Waals surface area contributed by atoms with Gasteiger partial charge in [-0.05, 0) is 41.2 Å². The van der Waals surface area contributed by atoms with E-state index in [2.05, 4.69) is 39.7 Å². The first-order chi connectivity index (χ1) is 17.2. The molecule has 2 aromatic carbocycles. The van der Waals surface area contributed by atoms with Crippen molar-refractivity contribution in [2.24, 2.45) is 0 Å². The molecule has 0 aliphatic heterocycles. The number of imidazole rings is 1. The molecule has 2 heterocycles. The number of nitrogens with one attached hydrogen (secondary N) is 1. The molecular formula is C27H30N6O2. The predicted octanol–water partition coefficient (Wildman–Crippen LogP) is 4.82. The van der Waals surface area contributed by atoms with Crippen molar-refractivity contribution in [2.75, 3.05) is 0 Å². The lowest BCUT2D eigenvalue weighted by Crippen LogP contribution is -2.30. The fourth-order valence-corrected chi connectivity index (χ4v) is 5.28. The highest BCUT2D eigenvalue weighted by atomic mass is 16.2. The van der Waals surface area contributed by atoms with Crippen LogP contribution in [-0.4, -0.2) is 36.0 Å². The standard InChI is InChI=1S/C27H30N6O2/c1-2-8-24-25(18-34)33(21-9-4-3-5-10-21)27(35)32(24)17-19-13-15-20(16-14-19)22-11-6-7-12-23(22)26-28-30-31-29-26/h6-7,11-16,18,21H,2-5,8-10,17H2,1H3,(H,28,29,30,31). The van der Waals surface area contributed by atoms with E-state index in [1.807, 2.05) is 41.0 Å². The minimum Gasteiger partial charge on any atom is -0.296 e. The second-order valence-electron chi connectivity index (χ2n) is 9.21. The largest absolute Gasteiger partial charge is 0.329 e. The van der Waals surface area contributed by atoms with Gasteiger partial charge in [-0.15, -0.1) is 10.2 Å². The van der Waals surface area contributed by atoms with E-state index in [4.69, 9.17) is 0 Å². The van der Waals surface area contributed by atoms with Gasteiger partial charge in [-0.1, -0.05) is 81.1 Å². The fourth-order valence-electron chi connectivity index (χ4n) is 5.28. The molecule has 8 heteroatoms. The molecule has 0 atom stereocenters. The molecular weight excluding hydrogens is 440 g/mol. The van der Waals surface area contributed by atoms with Gasteiger partial charge in [-0.25, -0.2) is 4.79 Å². The predicted molar refractivity (Wildman–Crippen MR) is 134 cm³/mol. The van der Waals surface area contributed by atoms with Crippen LogP contribution in [0.5, 0.6) is 0 Å². The van der Waals surface area contributed by atoms with Crippen LogP contribution >= 0.6 is 0 Å². The van der Waals surface area contributed by atoms with Crippen molar-refractivity contribution < 1.29 is 4.79 Å². The van der Waals surface area contributed by atoms with Gasteiger partial charge < -0.3 is 0 Å². The molecule has 0 bridgehead atoms. The number of aromatic nitrogens is 6. The highest BCUT2D eigenvalue weighted by molar-refractivity contribution is 5.80. The van der Waals surface area contributed by atoms with Crippen molar-refractivity contribution >= 4 is 6.29 Å². The quantitative estimate of drug-likeness (QED) is 0.373. The van der Waals surface area contributed by atoms with Crippen LogP contribution in [0.25, 0.3) is 22.5 Å². The Morgan fingerprint density at radius 1 is 1.03 bits per heavy atom. The number of tetrazole rings is 1. The number of H-pyrrole nitrogens is 1. The first-order valence-electron chi connectivity index (χ1n) is 12.4. The lowest BCUT2D eigenvalue weighted by molar-refractivity contribution is 0.111. The number of hydrogen-bond acceptors (Lipinski definition) is 5. The lowest BCUT2D eigenvalue weighted by atomic mass is 9.95. The third kappa shape index (κ3) is 4.48. The molecule has 0 radical (unpaired) electrons. The summed E-state index contributed by atoms with van der Waals surface area (Å²) in [5, 5.41) is 14.4. The molecule has 1 aliphatic carbocycles. The van der Waals surface area contributed by atoms with Crippen molar-refractivity contribution in [1.29, 1.82) is 0 Å². The maximum absolute atomic E-state index is 13.6. The number of benzene rings is 2. The second kappa shape index (κ2) is 10.2. The van der Waals surface area contributed by atoms with Crippen molar-refractivity contribution in [2.45, 2.75) is 64.5 Å². The van der Waals surface area contributed by atoms with E-state index in [-0.39, 0.29) is 11.7 Å². The van der Waals surface area contributed by atoms with Crippen LogP contribution < -0.4 is 5.69 Å². The lowest BCUT2D eigenvalue weighted by Gasteiger charge is -2.23. The van der Waals surface area contributed by atoms with E-state index in [1.165, 1.54) is 6.42 Å². The summed E-state index contributed by atoms with van der Waals surface area (Å²) < 4.78 is 3.59. The van der Waals surface area contributed by atoms with Crippen LogP contribution in [0.1, 0.15) is 73.2 Å². The average Bonchev–Trinajstić information content (AvgIpc) is 3.53. The Hall–Kier alpha value is -3.81. The molecule has 0 amide bonds. The summed E-state index contributed by atoms with van der Waals surface area (Å²) in [5.41, 5.74) is 5.31. The molecule has 2 aromatic heterocycles. The number of hydrogen-bond donors (Lipinski definition) is 1. The maximum Gasteiger partial charge on any atom is 0.329 e. The number of nitrogens with zero attached hydrogens (tertiary/aromatic N) is 5. The van der Waals surface area contributed by atoms with Crippen LogP contribution in [0, 0.1) is 0 Å². The van der Waals surface area contributed by atoms with Gasteiger partial charge >= 0.3 is 5.69 Å². The molecule has 180 valence electrons. The van der Waals surface area contributed by atoms with Gasteiger partial charge in [-0.3, -0.25) is 13.9 Å². The summed E-state index contributed by atoms with van der Waals surface area (Å²) in [6.07, 6.45) is 7.81. The van der Waals surface area contributed by atoms with E-state index in [0.717, 1.165) is 66.3 Å². The molecule has 1 fully saturated rings. The van der Waals surface area contributed by atoms with Crippen molar-refractivity contribution in [3.63, 3.8) is 0 Å². The topological polar surface area (TPSA) is 98.5 Å². The number of carbonyl (C=O) groups is 1. The normalized spacial score (nSPS) is 14.3. The summed E-state index contributed by atoms with van der Waals surface area (Å²) in [6.45, 7) is 2.53. The summed E-state index contributed by atoms with van der Waals surface area (Å²) in [4.78, 5) is 25.7. The Morgan fingerprint density at radius 2 is 1.77 bits per heavy atom. The molecule has 0 saturated heterocycles. The molecule has 8 nitrogen and oxygen atoms in total. The van der Waals surface area contributed by atoms with E-state index < -0.39 is 0 Å². The van der Waals surface area contributed by atoms with Crippen molar-refractivity contribution in [3.05, 3.63) is 76.0 Å². The minimum absolute atomic E-state index is 0.0611. The number of aldehydes is 1. The average molecular weight is 471 g/mol. The van der Waals surface area contributed by atoms with Crippen LogP contribution in [0.3, 0.4) is 0 Å². The van der Waals surface area contributed by atoms with Gasteiger partial charge in [0, 0.05) is 11.6 Å². The summed E-state index contributed by atoms with van der Waals surface area (Å²) in [5.74, 6) is 0.547. The smallest absolute Gasteiger partial charge is 0.296 e. The molecule has 4 aromatic rings.